The standard InChI is InChI=1S/C12H4Cl2F9NO2/c13-4-1-2-6(5(14)3-4)24-7(25)8(15,16)11(21)9(17,18)10(19,20)12(22,23)26-11/h1-3H,(H,24,25)/t11-/m1/s1. The zero-order valence-corrected chi connectivity index (χ0v) is 13.2. The molecular formula is C12H4Cl2F9NO2. The number of alkyl halides is 9. The Morgan fingerprint density at radius 1 is 1.00 bits per heavy atom. The fraction of sp³-hybridized carbons (Fsp3) is 0.417. The summed E-state index contributed by atoms with van der Waals surface area (Å²) in [6.45, 7) is 0. The van der Waals surface area contributed by atoms with Crippen LogP contribution in [-0.4, -0.2) is 35.6 Å². The third-order valence-electron chi connectivity index (χ3n) is 3.30. The predicted octanol–water partition coefficient (Wildman–Crippen LogP) is 5.13. The summed E-state index contributed by atoms with van der Waals surface area (Å²) in [5.41, 5.74) is -0.718. The first kappa shape index (κ1) is 20.9. The van der Waals surface area contributed by atoms with Crippen LogP contribution < -0.4 is 5.32 Å². The van der Waals surface area contributed by atoms with Crippen molar-refractivity contribution in [2.75, 3.05) is 5.32 Å². The van der Waals surface area contributed by atoms with Crippen molar-refractivity contribution in [1.82, 2.24) is 0 Å². The molecule has 1 N–H and O–H groups in total. The van der Waals surface area contributed by atoms with E-state index in [0.29, 0.717) is 0 Å². The lowest BCUT2D eigenvalue weighted by Crippen LogP contribution is -2.63. The lowest BCUT2D eigenvalue weighted by molar-refractivity contribution is -0.366. The molecule has 0 spiro atoms. The summed E-state index contributed by atoms with van der Waals surface area (Å²) in [6, 6.07) is 2.65. The van der Waals surface area contributed by atoms with Crippen molar-refractivity contribution in [2.45, 2.75) is 29.7 Å². The van der Waals surface area contributed by atoms with Crippen LogP contribution in [0.15, 0.2) is 18.2 Å². The van der Waals surface area contributed by atoms with Gasteiger partial charge in [0.05, 0.1) is 10.7 Å². The first-order valence-corrected chi connectivity index (χ1v) is 6.94. The minimum atomic E-state index is -6.76. The molecule has 3 nitrogen and oxygen atoms in total. The maximum absolute atomic E-state index is 14.0. The molecule has 0 aliphatic carbocycles. The van der Waals surface area contributed by atoms with Crippen molar-refractivity contribution in [3.8, 4) is 0 Å². The SMILES string of the molecule is O=C(Nc1ccc(Cl)cc1Cl)C(F)(F)[C@@]1(F)OC(F)(F)C(F)(F)C1(F)F. The Bertz CT molecular complexity index is 758. The fourth-order valence-corrected chi connectivity index (χ4v) is 2.34. The van der Waals surface area contributed by atoms with E-state index in [4.69, 9.17) is 23.2 Å². The molecule has 0 bridgehead atoms. The van der Waals surface area contributed by atoms with E-state index in [1.54, 1.807) is 0 Å². The van der Waals surface area contributed by atoms with E-state index in [0.717, 1.165) is 23.5 Å². The van der Waals surface area contributed by atoms with Crippen LogP contribution in [-0.2, 0) is 9.53 Å². The number of carbonyl (C=O) groups excluding carboxylic acids is 1. The second-order valence-corrected chi connectivity index (χ2v) is 5.86. The number of benzene rings is 1. The van der Waals surface area contributed by atoms with Gasteiger partial charge in [-0.1, -0.05) is 23.2 Å². The number of ether oxygens (including phenoxy) is 1. The molecule has 1 aliphatic rings. The maximum atomic E-state index is 14.0. The molecule has 1 atom stereocenters. The van der Waals surface area contributed by atoms with E-state index >= 15 is 0 Å². The topological polar surface area (TPSA) is 38.3 Å². The van der Waals surface area contributed by atoms with Crippen molar-refractivity contribution >= 4 is 34.8 Å². The molecule has 2 rings (SSSR count). The average Bonchev–Trinajstić information content (AvgIpc) is 2.57. The fourth-order valence-electron chi connectivity index (χ4n) is 1.89. The summed E-state index contributed by atoms with van der Waals surface area (Å²) in [5.74, 6) is -28.9. The highest BCUT2D eigenvalue weighted by Gasteiger charge is 2.96. The van der Waals surface area contributed by atoms with Gasteiger partial charge in [0.2, 0.25) is 0 Å². The van der Waals surface area contributed by atoms with Crippen LogP contribution >= 0.6 is 23.2 Å². The zero-order chi connectivity index (χ0) is 20.3. The quantitative estimate of drug-likeness (QED) is 0.668. The molecule has 0 saturated carbocycles. The van der Waals surface area contributed by atoms with E-state index in [-0.39, 0.29) is 5.02 Å². The molecule has 1 saturated heterocycles. The van der Waals surface area contributed by atoms with E-state index in [1.807, 2.05) is 0 Å². The Labute approximate surface area is 148 Å². The summed E-state index contributed by atoms with van der Waals surface area (Å²) in [5, 5.41) is 0.576. The van der Waals surface area contributed by atoms with Crippen LogP contribution in [0.2, 0.25) is 10.0 Å². The van der Waals surface area contributed by atoms with Crippen molar-refractivity contribution in [2.24, 2.45) is 0 Å². The van der Waals surface area contributed by atoms with Gasteiger partial charge in [0.15, 0.2) is 0 Å². The number of anilines is 1. The summed E-state index contributed by atoms with van der Waals surface area (Å²) in [6.07, 6.45) is -6.31. The van der Waals surface area contributed by atoms with Gasteiger partial charge in [0.25, 0.3) is 0 Å². The second kappa shape index (κ2) is 5.80. The van der Waals surface area contributed by atoms with Gasteiger partial charge in [-0.3, -0.25) is 9.53 Å². The average molecular weight is 436 g/mol. The largest absolute Gasteiger partial charge is 0.428 e. The van der Waals surface area contributed by atoms with Gasteiger partial charge < -0.3 is 5.32 Å². The van der Waals surface area contributed by atoms with Crippen molar-refractivity contribution in [3.05, 3.63) is 28.2 Å². The Kier molecular flexibility index (Phi) is 4.66. The Morgan fingerprint density at radius 3 is 1.96 bits per heavy atom. The highest BCUT2D eigenvalue weighted by Crippen LogP contribution is 2.64. The molecule has 1 fully saturated rings. The van der Waals surface area contributed by atoms with Crippen molar-refractivity contribution < 1.29 is 49.0 Å². The normalized spacial score (nSPS) is 26.6. The molecular weight excluding hydrogens is 432 g/mol. The molecule has 1 amide bonds. The molecule has 0 aromatic heterocycles. The van der Waals surface area contributed by atoms with E-state index in [2.05, 4.69) is 4.74 Å². The molecule has 26 heavy (non-hydrogen) atoms. The van der Waals surface area contributed by atoms with Crippen LogP contribution in [0.25, 0.3) is 0 Å². The van der Waals surface area contributed by atoms with E-state index in [9.17, 15) is 44.3 Å². The molecule has 14 heteroatoms. The van der Waals surface area contributed by atoms with Crippen LogP contribution in [0.1, 0.15) is 0 Å². The summed E-state index contributed by atoms with van der Waals surface area (Å²) >= 11 is 11.0. The molecule has 1 heterocycles. The molecule has 1 aromatic rings. The summed E-state index contributed by atoms with van der Waals surface area (Å²) in [4.78, 5) is 11.5. The third-order valence-corrected chi connectivity index (χ3v) is 3.85. The molecule has 0 radical (unpaired) electrons. The summed E-state index contributed by atoms with van der Waals surface area (Å²) < 4.78 is 122. The number of carbonyl (C=O) groups is 1. The number of nitrogens with one attached hydrogen (secondary N) is 1. The number of halogens is 11. The number of hydrogen-bond acceptors (Lipinski definition) is 2. The third kappa shape index (κ3) is 2.61. The van der Waals surface area contributed by atoms with E-state index in [1.165, 1.54) is 0 Å². The van der Waals surface area contributed by atoms with Gasteiger partial charge in [-0.05, 0) is 18.2 Å². The monoisotopic (exact) mass is 435 g/mol. The highest BCUT2D eigenvalue weighted by atomic mass is 35.5. The lowest BCUT2D eigenvalue weighted by Gasteiger charge is -2.31. The molecule has 0 unspecified atom stereocenters. The first-order valence-electron chi connectivity index (χ1n) is 6.18. The molecule has 1 aliphatic heterocycles. The molecule has 1 aromatic carbocycles. The van der Waals surface area contributed by atoms with Crippen LogP contribution in [0, 0.1) is 0 Å². The van der Waals surface area contributed by atoms with Gasteiger partial charge in [0.1, 0.15) is 0 Å². The predicted molar refractivity (Wildman–Crippen MR) is 69.8 cm³/mol. The number of amides is 1. The second-order valence-electron chi connectivity index (χ2n) is 5.02. The molecule has 146 valence electrons. The number of rotatable bonds is 3. The van der Waals surface area contributed by atoms with Gasteiger partial charge >= 0.3 is 35.6 Å². The Morgan fingerprint density at radius 2 is 1.54 bits per heavy atom. The first-order chi connectivity index (χ1) is 11.5. The smallest absolute Gasteiger partial charge is 0.319 e. The van der Waals surface area contributed by atoms with Crippen LogP contribution in [0.3, 0.4) is 0 Å². The van der Waals surface area contributed by atoms with Gasteiger partial charge in [-0.2, -0.15) is 39.5 Å². The highest BCUT2D eigenvalue weighted by molar-refractivity contribution is 6.36. The Balaban J connectivity index is 2.44. The van der Waals surface area contributed by atoms with Crippen LogP contribution in [0.4, 0.5) is 45.2 Å². The zero-order valence-electron chi connectivity index (χ0n) is 11.7. The maximum Gasteiger partial charge on any atom is 0.428 e. The van der Waals surface area contributed by atoms with Gasteiger partial charge in [0, 0.05) is 5.02 Å². The van der Waals surface area contributed by atoms with Gasteiger partial charge in [-0.25, -0.2) is 0 Å². The van der Waals surface area contributed by atoms with Crippen LogP contribution in [0.5, 0.6) is 0 Å². The van der Waals surface area contributed by atoms with Crippen molar-refractivity contribution in [1.29, 1.82) is 0 Å². The van der Waals surface area contributed by atoms with E-state index < -0.39 is 46.3 Å². The minimum Gasteiger partial charge on any atom is -0.319 e. The van der Waals surface area contributed by atoms with Gasteiger partial charge in [-0.15, -0.1) is 0 Å². The number of hydrogen-bond donors (Lipinski definition) is 1. The van der Waals surface area contributed by atoms with Crippen molar-refractivity contribution in [3.63, 3.8) is 0 Å². The lowest BCUT2D eigenvalue weighted by atomic mass is 9.99. The Hall–Kier alpha value is -1.40. The minimum absolute atomic E-state index is 0.0494. The summed E-state index contributed by atoms with van der Waals surface area (Å²) in [7, 11) is 0.